The first kappa shape index (κ1) is 23.5. The van der Waals surface area contributed by atoms with Crippen molar-refractivity contribution in [3.63, 3.8) is 0 Å². The summed E-state index contributed by atoms with van der Waals surface area (Å²) >= 11 is 15.5. The lowest BCUT2D eigenvalue weighted by Crippen LogP contribution is -2.54. The Bertz CT molecular complexity index is 588. The van der Waals surface area contributed by atoms with Gasteiger partial charge in [-0.1, -0.05) is 110 Å². The minimum absolute atomic E-state index is 0.0922. The molecule has 162 valence electrons. The van der Waals surface area contributed by atoms with E-state index < -0.39 is 14.2 Å². The smallest absolute Gasteiger partial charge is 0.0692 e. The van der Waals surface area contributed by atoms with E-state index in [0.29, 0.717) is 14.7 Å². The van der Waals surface area contributed by atoms with Gasteiger partial charge in [-0.25, -0.2) is 0 Å². The molecule has 2 aliphatic carbocycles. The van der Waals surface area contributed by atoms with E-state index in [0.717, 1.165) is 11.3 Å². The summed E-state index contributed by atoms with van der Waals surface area (Å²) in [7, 11) is -0.751. The van der Waals surface area contributed by atoms with E-state index in [4.69, 9.17) is 22.5 Å². The molecule has 5 rings (SSSR count). The Balaban J connectivity index is 1.87. The molecule has 3 aliphatic heterocycles. The number of rotatable bonds is 2. The minimum Gasteiger partial charge on any atom is -0.0936 e. The standard InChI is InChI=1S/C22H40Cl2P4/c1-19(2,3)21-25(17-13-9-7-10-14-17)22(27(21)23,20(4,5)6)28(24)26(21)18-15-11-8-12-16-18/h17-18H,7-16H2,1-6H3/t21-,22-,25-,26-,27-,28-/m0/s1. The van der Waals surface area contributed by atoms with E-state index in [2.05, 4.69) is 41.5 Å². The highest BCUT2D eigenvalue weighted by atomic mass is 35.7. The van der Waals surface area contributed by atoms with Crippen molar-refractivity contribution in [2.24, 2.45) is 10.8 Å². The van der Waals surface area contributed by atoms with Crippen LogP contribution in [0.4, 0.5) is 0 Å². The van der Waals surface area contributed by atoms with E-state index >= 15 is 0 Å². The van der Waals surface area contributed by atoms with E-state index in [1.54, 1.807) is 0 Å². The van der Waals surface area contributed by atoms with Gasteiger partial charge in [0, 0.05) is 14.2 Å². The summed E-state index contributed by atoms with van der Waals surface area (Å²) in [4.78, 5) is 0. The number of hydrogen-bond acceptors (Lipinski definition) is 0. The van der Waals surface area contributed by atoms with Crippen LogP contribution >= 0.6 is 52.3 Å². The largest absolute Gasteiger partial charge is 0.0936 e. The zero-order chi connectivity index (χ0) is 20.5. The normalized spacial score (nSPS) is 45.9. The quantitative estimate of drug-likeness (QED) is 0.332. The highest BCUT2D eigenvalue weighted by molar-refractivity contribution is 8.57. The average molecular weight is 499 g/mol. The summed E-state index contributed by atoms with van der Waals surface area (Å²) in [6.45, 7) is 14.7. The first-order valence-corrected chi connectivity index (χ1v) is 19.5. The van der Waals surface area contributed by atoms with E-state index in [1.165, 1.54) is 64.2 Å². The molecular weight excluding hydrogens is 459 g/mol. The Hall–Kier alpha value is 2.30. The predicted octanol–water partition coefficient (Wildman–Crippen LogP) is 11.2. The summed E-state index contributed by atoms with van der Waals surface area (Å²) in [5.74, 6) is 0. The van der Waals surface area contributed by atoms with Crippen molar-refractivity contribution in [1.82, 2.24) is 0 Å². The van der Waals surface area contributed by atoms with Gasteiger partial charge in [0.25, 0.3) is 0 Å². The molecule has 0 N–H and O–H groups in total. The maximum Gasteiger partial charge on any atom is 0.0692 e. The van der Waals surface area contributed by atoms with Crippen LogP contribution in [0.15, 0.2) is 0 Å². The fraction of sp³-hybridized carbons (Fsp3) is 1.00. The van der Waals surface area contributed by atoms with Crippen molar-refractivity contribution in [3.05, 3.63) is 0 Å². The molecule has 2 saturated carbocycles. The van der Waals surface area contributed by atoms with Gasteiger partial charge in [-0.3, -0.25) is 0 Å². The number of halogens is 2. The Morgan fingerprint density at radius 1 is 0.643 bits per heavy atom. The van der Waals surface area contributed by atoms with Gasteiger partial charge in [-0.2, -0.15) is 0 Å². The molecule has 0 aromatic carbocycles. The second kappa shape index (κ2) is 7.96. The maximum absolute atomic E-state index is 7.79. The van der Waals surface area contributed by atoms with Crippen LogP contribution in [0.5, 0.6) is 0 Å². The SMILES string of the molecule is CC(C)(C)[C@@]12[P@@](Cl)[C@@](C(C)(C)C)([P@]1C1CCCCC1)[P@](C1CCCCC1)[P@]2Cl. The molecule has 0 spiro atoms. The molecule has 0 aromatic rings. The zero-order valence-electron chi connectivity index (χ0n) is 18.8. The monoisotopic (exact) mass is 498 g/mol. The average Bonchev–Trinajstić information content (AvgIpc) is 3.01. The summed E-state index contributed by atoms with van der Waals surface area (Å²) in [5.41, 5.74) is 2.43. The van der Waals surface area contributed by atoms with Crippen molar-refractivity contribution < 1.29 is 0 Å². The Morgan fingerprint density at radius 2 is 1.07 bits per heavy atom. The highest BCUT2D eigenvalue weighted by Gasteiger charge is 2.89. The second-order valence-electron chi connectivity index (χ2n) is 11.6. The molecule has 0 radical (unpaired) electrons. The van der Waals surface area contributed by atoms with Crippen LogP contribution in [0.3, 0.4) is 0 Å². The van der Waals surface area contributed by atoms with Gasteiger partial charge in [0.15, 0.2) is 0 Å². The van der Waals surface area contributed by atoms with Crippen molar-refractivity contribution in [3.8, 4) is 0 Å². The molecule has 3 saturated heterocycles. The van der Waals surface area contributed by atoms with Gasteiger partial charge in [0.2, 0.25) is 0 Å². The van der Waals surface area contributed by atoms with Crippen molar-refractivity contribution in [2.75, 3.05) is 0 Å². The van der Waals surface area contributed by atoms with Gasteiger partial charge >= 0.3 is 0 Å². The summed E-state index contributed by atoms with van der Waals surface area (Å²) < 4.78 is 0.744. The van der Waals surface area contributed by atoms with Crippen LogP contribution in [-0.4, -0.2) is 20.6 Å². The van der Waals surface area contributed by atoms with E-state index in [-0.39, 0.29) is 20.9 Å². The van der Waals surface area contributed by atoms with Crippen LogP contribution in [-0.2, 0) is 0 Å². The Labute approximate surface area is 188 Å². The fourth-order valence-corrected chi connectivity index (χ4v) is 49.9. The van der Waals surface area contributed by atoms with Gasteiger partial charge < -0.3 is 0 Å². The van der Waals surface area contributed by atoms with Crippen LogP contribution in [0.2, 0.25) is 0 Å². The number of fused-ring (bicyclic) bond motifs is 1. The molecule has 2 bridgehead atoms. The van der Waals surface area contributed by atoms with Crippen LogP contribution in [0.25, 0.3) is 0 Å². The lowest BCUT2D eigenvalue weighted by molar-refractivity contribution is 0.372. The first-order chi connectivity index (χ1) is 13.0. The molecule has 28 heavy (non-hydrogen) atoms. The first-order valence-electron chi connectivity index (χ1n) is 11.5. The van der Waals surface area contributed by atoms with Crippen LogP contribution in [0, 0.1) is 10.8 Å². The molecule has 6 atom stereocenters. The lowest BCUT2D eigenvalue weighted by atomic mass is 9.97. The Morgan fingerprint density at radius 3 is 1.50 bits per heavy atom. The maximum atomic E-state index is 7.79. The summed E-state index contributed by atoms with van der Waals surface area (Å²) in [6, 6.07) is 0. The number of hydrogen-bond donors (Lipinski definition) is 0. The molecule has 5 fully saturated rings. The van der Waals surface area contributed by atoms with Crippen molar-refractivity contribution >= 4 is 52.3 Å². The van der Waals surface area contributed by atoms with Gasteiger partial charge in [-0.15, -0.1) is 0 Å². The molecule has 0 amide bonds. The minimum atomic E-state index is -0.515. The van der Waals surface area contributed by atoms with Gasteiger partial charge in [0.1, 0.15) is 0 Å². The summed E-state index contributed by atoms with van der Waals surface area (Å²) in [6.07, 6.45) is 14.5. The Kier molecular flexibility index (Phi) is 6.67. The zero-order valence-corrected chi connectivity index (χ0v) is 23.9. The van der Waals surface area contributed by atoms with E-state index in [9.17, 15) is 0 Å². The molecule has 3 heterocycles. The molecule has 0 unspecified atom stereocenters. The third-order valence-electron chi connectivity index (χ3n) is 7.86. The molecule has 5 aliphatic rings. The topological polar surface area (TPSA) is 0 Å². The molecular formula is C22H40Cl2P4. The lowest BCUT2D eigenvalue weighted by Gasteiger charge is -2.71. The van der Waals surface area contributed by atoms with E-state index in [1.807, 2.05) is 0 Å². The van der Waals surface area contributed by atoms with Crippen molar-refractivity contribution in [1.29, 1.82) is 0 Å². The van der Waals surface area contributed by atoms with Crippen LogP contribution < -0.4 is 0 Å². The molecule has 0 aromatic heterocycles. The van der Waals surface area contributed by atoms with Crippen molar-refractivity contribution in [2.45, 2.75) is 126 Å². The third-order valence-corrected chi connectivity index (χ3v) is 37.5. The second-order valence-corrected chi connectivity index (χ2v) is 27.0. The third kappa shape index (κ3) is 2.97. The predicted molar refractivity (Wildman–Crippen MR) is 138 cm³/mol. The molecule has 6 heteroatoms. The van der Waals surface area contributed by atoms with Crippen LogP contribution in [0.1, 0.15) is 106 Å². The fourth-order valence-electron chi connectivity index (χ4n) is 6.72. The highest BCUT2D eigenvalue weighted by Crippen LogP contribution is 3.25. The summed E-state index contributed by atoms with van der Waals surface area (Å²) in [5, 5.41) is 0. The van der Waals surface area contributed by atoms with Gasteiger partial charge in [-0.05, 0) is 55.4 Å². The molecule has 0 nitrogen and oxygen atoms in total. The van der Waals surface area contributed by atoms with Gasteiger partial charge in [0.05, 0.1) is 9.28 Å².